The summed E-state index contributed by atoms with van der Waals surface area (Å²) in [5.41, 5.74) is 7.97. The molecule has 4 rings (SSSR count). The fourth-order valence-electron chi connectivity index (χ4n) is 3.81. The molecule has 8 heteroatoms. The Hall–Kier alpha value is -4.07. The number of primary amides is 1. The predicted octanol–water partition coefficient (Wildman–Crippen LogP) is 4.86. The van der Waals surface area contributed by atoms with Gasteiger partial charge in [-0.25, -0.2) is 18.6 Å². The SMILES string of the molecule is CCc1ccc2c(c1)c(-c1cccnc1OC(N)=O)c(C=O)n2Cc1cc(F)ccc1F. The van der Waals surface area contributed by atoms with E-state index in [2.05, 4.69) is 4.98 Å². The van der Waals surface area contributed by atoms with E-state index in [9.17, 15) is 18.4 Å². The molecule has 6 nitrogen and oxygen atoms in total. The van der Waals surface area contributed by atoms with Gasteiger partial charge in [0.15, 0.2) is 6.29 Å². The average Bonchev–Trinajstić information content (AvgIpc) is 3.08. The number of amides is 1. The van der Waals surface area contributed by atoms with Crippen molar-refractivity contribution >= 4 is 23.3 Å². The topological polar surface area (TPSA) is 87.2 Å². The van der Waals surface area contributed by atoms with Crippen LogP contribution in [0, 0.1) is 11.6 Å². The molecule has 0 bridgehead atoms. The lowest BCUT2D eigenvalue weighted by molar-refractivity contribution is 0.111. The molecular weight excluding hydrogens is 416 g/mol. The first-order chi connectivity index (χ1) is 15.4. The van der Waals surface area contributed by atoms with Crippen LogP contribution in [0.4, 0.5) is 13.6 Å². The van der Waals surface area contributed by atoms with Gasteiger partial charge < -0.3 is 15.0 Å². The molecule has 0 saturated carbocycles. The van der Waals surface area contributed by atoms with Gasteiger partial charge in [0.05, 0.1) is 12.2 Å². The van der Waals surface area contributed by atoms with Crippen LogP contribution in [0.5, 0.6) is 5.88 Å². The summed E-state index contributed by atoms with van der Waals surface area (Å²) in [7, 11) is 0. The summed E-state index contributed by atoms with van der Waals surface area (Å²) in [4.78, 5) is 27.8. The first-order valence-corrected chi connectivity index (χ1v) is 9.89. The maximum atomic E-state index is 14.4. The summed E-state index contributed by atoms with van der Waals surface area (Å²) >= 11 is 0. The minimum absolute atomic E-state index is 0.0546. The maximum Gasteiger partial charge on any atom is 0.411 e. The standard InChI is InChI=1S/C24H19F2N3O3/c1-2-14-5-8-20-18(10-14)22(17-4-3-9-28-23(17)32-24(27)31)21(13-30)29(20)12-15-11-16(25)6-7-19(15)26/h3-11,13H,2,12H2,1H3,(H2,27,31). The normalized spacial score (nSPS) is 11.0. The quantitative estimate of drug-likeness (QED) is 0.438. The van der Waals surface area contributed by atoms with Gasteiger partial charge in [0.1, 0.15) is 11.6 Å². The van der Waals surface area contributed by atoms with E-state index in [-0.39, 0.29) is 23.7 Å². The largest absolute Gasteiger partial charge is 0.411 e. The Balaban J connectivity index is 2.03. The molecule has 2 aromatic carbocycles. The Kier molecular flexibility index (Phi) is 5.68. The van der Waals surface area contributed by atoms with Crippen molar-refractivity contribution in [3.05, 3.63) is 83.2 Å². The highest BCUT2D eigenvalue weighted by molar-refractivity contribution is 6.06. The molecule has 0 aliphatic heterocycles. The molecule has 0 fully saturated rings. The number of aryl methyl sites for hydroxylation is 1. The molecule has 32 heavy (non-hydrogen) atoms. The predicted molar refractivity (Wildman–Crippen MR) is 116 cm³/mol. The van der Waals surface area contributed by atoms with Gasteiger partial charge in [-0.05, 0) is 54.4 Å². The Morgan fingerprint density at radius 1 is 1.19 bits per heavy atom. The van der Waals surface area contributed by atoms with E-state index in [1.54, 1.807) is 16.7 Å². The second-order valence-electron chi connectivity index (χ2n) is 7.18. The molecule has 0 saturated heterocycles. The highest BCUT2D eigenvalue weighted by Gasteiger charge is 2.23. The first-order valence-electron chi connectivity index (χ1n) is 9.89. The number of ether oxygens (including phenoxy) is 1. The molecule has 0 radical (unpaired) electrons. The number of carbonyl (C=O) groups excluding carboxylic acids is 2. The average molecular weight is 435 g/mol. The van der Waals surface area contributed by atoms with Gasteiger partial charge in [-0.3, -0.25) is 4.79 Å². The number of aromatic nitrogens is 2. The van der Waals surface area contributed by atoms with E-state index in [1.807, 2.05) is 25.1 Å². The summed E-state index contributed by atoms with van der Waals surface area (Å²) < 4.78 is 34.8. The minimum Gasteiger partial charge on any atom is -0.391 e. The monoisotopic (exact) mass is 435 g/mol. The van der Waals surface area contributed by atoms with Crippen molar-refractivity contribution in [1.82, 2.24) is 9.55 Å². The van der Waals surface area contributed by atoms with E-state index in [0.29, 0.717) is 28.3 Å². The smallest absolute Gasteiger partial charge is 0.391 e. The summed E-state index contributed by atoms with van der Waals surface area (Å²) in [5, 5.41) is 0.686. The van der Waals surface area contributed by atoms with Crippen molar-refractivity contribution in [1.29, 1.82) is 0 Å². The van der Waals surface area contributed by atoms with Crippen LogP contribution in [0.1, 0.15) is 28.5 Å². The number of hydrogen-bond donors (Lipinski definition) is 1. The van der Waals surface area contributed by atoms with Gasteiger partial charge >= 0.3 is 6.09 Å². The third-order valence-corrected chi connectivity index (χ3v) is 5.26. The van der Waals surface area contributed by atoms with E-state index >= 15 is 0 Å². The van der Waals surface area contributed by atoms with Crippen molar-refractivity contribution in [3.8, 4) is 17.0 Å². The van der Waals surface area contributed by atoms with E-state index < -0.39 is 17.7 Å². The minimum atomic E-state index is -1.04. The van der Waals surface area contributed by atoms with Crippen molar-refractivity contribution in [3.63, 3.8) is 0 Å². The van der Waals surface area contributed by atoms with Crippen LogP contribution >= 0.6 is 0 Å². The van der Waals surface area contributed by atoms with Crippen LogP contribution < -0.4 is 10.5 Å². The molecule has 2 aromatic heterocycles. The zero-order valence-electron chi connectivity index (χ0n) is 17.1. The number of nitrogens with two attached hydrogens (primary N) is 1. The van der Waals surface area contributed by atoms with E-state index in [1.165, 1.54) is 6.20 Å². The zero-order chi connectivity index (χ0) is 22.8. The zero-order valence-corrected chi connectivity index (χ0v) is 17.1. The molecule has 1 amide bonds. The molecule has 0 aliphatic rings. The maximum absolute atomic E-state index is 14.4. The van der Waals surface area contributed by atoms with Crippen LogP contribution in [0.2, 0.25) is 0 Å². The number of fused-ring (bicyclic) bond motifs is 1. The van der Waals surface area contributed by atoms with Gasteiger partial charge in [-0.15, -0.1) is 0 Å². The second-order valence-corrected chi connectivity index (χ2v) is 7.18. The van der Waals surface area contributed by atoms with E-state index in [4.69, 9.17) is 10.5 Å². The summed E-state index contributed by atoms with van der Waals surface area (Å²) in [5.74, 6) is -1.22. The lowest BCUT2D eigenvalue weighted by Gasteiger charge is -2.10. The number of hydrogen-bond acceptors (Lipinski definition) is 4. The third kappa shape index (κ3) is 3.82. The Labute approximate surface area is 182 Å². The van der Waals surface area contributed by atoms with Gasteiger partial charge in [-0.2, -0.15) is 0 Å². The fourth-order valence-corrected chi connectivity index (χ4v) is 3.81. The summed E-state index contributed by atoms with van der Waals surface area (Å²) in [6.07, 6.45) is 1.77. The van der Waals surface area contributed by atoms with Crippen LogP contribution in [0.15, 0.2) is 54.7 Å². The molecule has 2 heterocycles. The molecule has 162 valence electrons. The van der Waals surface area contributed by atoms with Gasteiger partial charge in [0, 0.05) is 33.8 Å². The lowest BCUT2D eigenvalue weighted by Crippen LogP contribution is -2.17. The van der Waals surface area contributed by atoms with Crippen LogP contribution in [0.3, 0.4) is 0 Å². The highest BCUT2D eigenvalue weighted by atomic mass is 19.1. The Morgan fingerprint density at radius 2 is 2.00 bits per heavy atom. The number of rotatable bonds is 6. The Morgan fingerprint density at radius 3 is 2.72 bits per heavy atom. The number of halogens is 2. The van der Waals surface area contributed by atoms with Crippen molar-refractivity contribution < 1.29 is 23.1 Å². The van der Waals surface area contributed by atoms with Crippen molar-refractivity contribution in [2.24, 2.45) is 5.73 Å². The van der Waals surface area contributed by atoms with Crippen LogP contribution in [-0.2, 0) is 13.0 Å². The van der Waals surface area contributed by atoms with E-state index in [0.717, 1.165) is 30.2 Å². The summed E-state index contributed by atoms with van der Waals surface area (Å²) in [6.45, 7) is 1.91. The number of aldehydes is 1. The van der Waals surface area contributed by atoms with Crippen molar-refractivity contribution in [2.45, 2.75) is 19.9 Å². The highest BCUT2D eigenvalue weighted by Crippen LogP contribution is 2.39. The van der Waals surface area contributed by atoms with Gasteiger partial charge in [-0.1, -0.05) is 13.0 Å². The van der Waals surface area contributed by atoms with Crippen LogP contribution in [-0.4, -0.2) is 21.9 Å². The van der Waals surface area contributed by atoms with Gasteiger partial charge in [0.2, 0.25) is 5.88 Å². The number of pyridine rings is 1. The number of benzene rings is 2. The first kappa shape index (κ1) is 21.2. The molecule has 4 aromatic rings. The fraction of sp³-hybridized carbons (Fsp3) is 0.125. The van der Waals surface area contributed by atoms with Gasteiger partial charge in [0.25, 0.3) is 0 Å². The third-order valence-electron chi connectivity index (χ3n) is 5.26. The number of carbonyl (C=O) groups is 2. The van der Waals surface area contributed by atoms with Crippen LogP contribution in [0.25, 0.3) is 22.0 Å². The second kappa shape index (κ2) is 8.58. The van der Waals surface area contributed by atoms with Crippen molar-refractivity contribution in [2.75, 3.05) is 0 Å². The molecule has 0 aliphatic carbocycles. The lowest BCUT2D eigenvalue weighted by atomic mass is 10.0. The number of nitrogens with zero attached hydrogens (tertiary/aromatic N) is 2. The molecule has 2 N–H and O–H groups in total. The molecule has 0 spiro atoms. The molecular formula is C24H19F2N3O3. The molecule has 0 atom stereocenters. The summed E-state index contributed by atoms with van der Waals surface area (Å²) in [6, 6.07) is 12.1. The molecule has 0 unspecified atom stereocenters. The Bertz CT molecular complexity index is 1350.